The maximum atomic E-state index is 12.7. The van der Waals surface area contributed by atoms with E-state index in [1.165, 1.54) is 18.5 Å². The first-order valence-electron chi connectivity index (χ1n) is 8.86. The first kappa shape index (κ1) is 18.4. The number of hydrogen-bond acceptors (Lipinski definition) is 5. The molecule has 0 unspecified atom stereocenters. The predicted molar refractivity (Wildman–Crippen MR) is 104 cm³/mol. The van der Waals surface area contributed by atoms with E-state index in [2.05, 4.69) is 15.0 Å². The number of nitrogens with one attached hydrogen (secondary N) is 2. The van der Waals surface area contributed by atoms with Crippen molar-refractivity contribution >= 4 is 21.6 Å². The zero-order chi connectivity index (χ0) is 19.7. The highest BCUT2D eigenvalue weighted by molar-refractivity contribution is 7.89. The Bertz CT molecular complexity index is 1100. The van der Waals surface area contributed by atoms with Crippen LogP contribution in [-0.2, 0) is 10.0 Å². The largest absolute Gasteiger partial charge is 0.444 e. The third-order valence-electron chi connectivity index (χ3n) is 4.52. The minimum Gasteiger partial charge on any atom is -0.444 e. The van der Waals surface area contributed by atoms with E-state index >= 15 is 0 Å². The van der Waals surface area contributed by atoms with Crippen LogP contribution in [0.15, 0.2) is 64.4 Å². The molecule has 2 N–H and O–H groups in total. The molecule has 0 spiro atoms. The molecule has 8 heteroatoms. The summed E-state index contributed by atoms with van der Waals surface area (Å²) in [6.07, 6.45) is 4.66. The van der Waals surface area contributed by atoms with Gasteiger partial charge in [0.05, 0.1) is 11.1 Å². The van der Waals surface area contributed by atoms with Gasteiger partial charge in [0, 0.05) is 22.9 Å². The highest BCUT2D eigenvalue weighted by Gasteiger charge is 2.28. The fourth-order valence-corrected chi connectivity index (χ4v) is 4.11. The number of amides is 1. The first-order chi connectivity index (χ1) is 13.4. The van der Waals surface area contributed by atoms with Gasteiger partial charge in [0.15, 0.2) is 12.2 Å². The van der Waals surface area contributed by atoms with E-state index in [0.717, 1.165) is 18.4 Å². The summed E-state index contributed by atoms with van der Waals surface area (Å²) in [6.45, 7) is 1.77. The van der Waals surface area contributed by atoms with Crippen molar-refractivity contribution in [1.29, 1.82) is 0 Å². The molecule has 0 bridgehead atoms. The monoisotopic (exact) mass is 397 g/mol. The molecule has 28 heavy (non-hydrogen) atoms. The van der Waals surface area contributed by atoms with Gasteiger partial charge < -0.3 is 9.73 Å². The molecule has 0 aliphatic heterocycles. The molecule has 1 aromatic heterocycles. The van der Waals surface area contributed by atoms with Crippen LogP contribution in [-0.4, -0.2) is 25.4 Å². The van der Waals surface area contributed by atoms with Gasteiger partial charge in [0.25, 0.3) is 5.91 Å². The number of oxazole rings is 1. The first-order valence-corrected chi connectivity index (χ1v) is 10.3. The summed E-state index contributed by atoms with van der Waals surface area (Å²) in [6, 6.07) is 11.7. The molecular formula is C20H19N3O4S. The van der Waals surface area contributed by atoms with Crippen LogP contribution in [0, 0.1) is 6.92 Å². The van der Waals surface area contributed by atoms with E-state index in [9.17, 15) is 13.2 Å². The van der Waals surface area contributed by atoms with Crippen LogP contribution in [0.2, 0.25) is 0 Å². The van der Waals surface area contributed by atoms with Crippen LogP contribution in [0.25, 0.3) is 11.3 Å². The van der Waals surface area contributed by atoms with Crippen molar-refractivity contribution in [2.45, 2.75) is 30.7 Å². The predicted octanol–water partition coefficient (Wildman–Crippen LogP) is 3.34. The molecule has 0 radical (unpaired) electrons. The Morgan fingerprint density at radius 3 is 2.54 bits per heavy atom. The van der Waals surface area contributed by atoms with Gasteiger partial charge in [-0.05, 0) is 61.7 Å². The quantitative estimate of drug-likeness (QED) is 0.664. The van der Waals surface area contributed by atoms with Crippen molar-refractivity contribution in [1.82, 2.24) is 9.71 Å². The molecule has 1 amide bonds. The standard InChI is InChI=1S/C20H19N3O4S/c1-13-2-9-17(28(25,26)23-16-7-8-16)10-18(13)20(24)22-15-5-3-14(4-6-15)19-11-21-12-27-19/h2-6,9-12,16,23H,7-8H2,1H3,(H,22,24). The summed E-state index contributed by atoms with van der Waals surface area (Å²) in [5.41, 5.74) is 2.45. The molecule has 3 aromatic rings. The smallest absolute Gasteiger partial charge is 0.255 e. The minimum atomic E-state index is -3.62. The van der Waals surface area contributed by atoms with Gasteiger partial charge in [-0.25, -0.2) is 18.1 Å². The Morgan fingerprint density at radius 2 is 1.89 bits per heavy atom. The van der Waals surface area contributed by atoms with Crippen molar-refractivity contribution in [3.63, 3.8) is 0 Å². The number of benzene rings is 2. The Hall–Kier alpha value is -2.97. The third kappa shape index (κ3) is 3.97. The van der Waals surface area contributed by atoms with Crippen LogP contribution >= 0.6 is 0 Å². The fourth-order valence-electron chi connectivity index (χ4n) is 2.78. The molecule has 1 aliphatic carbocycles. The number of sulfonamides is 1. The third-order valence-corrected chi connectivity index (χ3v) is 6.04. The summed E-state index contributed by atoms with van der Waals surface area (Å²) < 4.78 is 32.7. The van der Waals surface area contributed by atoms with Crippen LogP contribution < -0.4 is 10.0 Å². The van der Waals surface area contributed by atoms with Crippen LogP contribution in [0.1, 0.15) is 28.8 Å². The summed E-state index contributed by atoms with van der Waals surface area (Å²) in [4.78, 5) is 16.7. The average Bonchev–Trinajstić information content (AvgIpc) is 3.30. The normalized spacial score (nSPS) is 14.0. The van der Waals surface area contributed by atoms with Crippen molar-refractivity contribution < 1.29 is 17.6 Å². The van der Waals surface area contributed by atoms with E-state index < -0.39 is 10.0 Å². The van der Waals surface area contributed by atoms with Crippen molar-refractivity contribution in [3.05, 3.63) is 66.2 Å². The number of anilines is 1. The highest BCUT2D eigenvalue weighted by Crippen LogP contribution is 2.24. The van der Waals surface area contributed by atoms with Gasteiger partial charge in [-0.3, -0.25) is 4.79 Å². The maximum Gasteiger partial charge on any atom is 0.255 e. The van der Waals surface area contributed by atoms with Gasteiger partial charge in [0.2, 0.25) is 10.0 Å². The van der Waals surface area contributed by atoms with Crippen molar-refractivity contribution in [2.75, 3.05) is 5.32 Å². The lowest BCUT2D eigenvalue weighted by molar-refractivity contribution is 0.102. The molecular weight excluding hydrogens is 378 g/mol. The second kappa shape index (κ2) is 7.21. The Kier molecular flexibility index (Phi) is 4.74. The van der Waals surface area contributed by atoms with Crippen molar-refractivity contribution in [2.24, 2.45) is 0 Å². The lowest BCUT2D eigenvalue weighted by atomic mass is 10.1. The molecule has 7 nitrogen and oxygen atoms in total. The van der Waals surface area contributed by atoms with Gasteiger partial charge in [-0.1, -0.05) is 6.07 Å². The molecule has 1 saturated carbocycles. The van der Waals surface area contributed by atoms with E-state index in [4.69, 9.17) is 4.42 Å². The van der Waals surface area contributed by atoms with Gasteiger partial charge in [0.1, 0.15) is 0 Å². The van der Waals surface area contributed by atoms with Crippen LogP contribution in [0.4, 0.5) is 5.69 Å². The average molecular weight is 397 g/mol. The number of nitrogens with zero attached hydrogens (tertiary/aromatic N) is 1. The van der Waals surface area contributed by atoms with Gasteiger partial charge in [-0.2, -0.15) is 0 Å². The number of hydrogen-bond donors (Lipinski definition) is 2. The van der Waals surface area contributed by atoms with Gasteiger partial charge in [-0.15, -0.1) is 0 Å². The zero-order valence-corrected chi connectivity index (χ0v) is 16.0. The number of aromatic nitrogens is 1. The number of carbonyl (C=O) groups excluding carboxylic acids is 1. The Morgan fingerprint density at radius 1 is 1.14 bits per heavy atom. The maximum absolute atomic E-state index is 12.7. The van der Waals surface area contributed by atoms with E-state index in [-0.39, 0.29) is 16.8 Å². The summed E-state index contributed by atoms with van der Waals surface area (Å²) >= 11 is 0. The van der Waals surface area contributed by atoms with Crippen LogP contribution in [0.3, 0.4) is 0 Å². The second-order valence-corrected chi connectivity index (χ2v) is 8.48. The van der Waals surface area contributed by atoms with E-state index in [0.29, 0.717) is 22.6 Å². The molecule has 4 rings (SSSR count). The van der Waals surface area contributed by atoms with E-state index in [1.807, 2.05) is 12.1 Å². The topological polar surface area (TPSA) is 101 Å². The lowest BCUT2D eigenvalue weighted by Gasteiger charge is -2.11. The fraction of sp³-hybridized carbons (Fsp3) is 0.200. The van der Waals surface area contributed by atoms with E-state index in [1.54, 1.807) is 31.3 Å². The minimum absolute atomic E-state index is 0.00598. The van der Waals surface area contributed by atoms with Gasteiger partial charge >= 0.3 is 0 Å². The SMILES string of the molecule is Cc1ccc(S(=O)(=O)NC2CC2)cc1C(=O)Nc1ccc(-c2cnco2)cc1. The zero-order valence-electron chi connectivity index (χ0n) is 15.2. The highest BCUT2D eigenvalue weighted by atomic mass is 32.2. The molecule has 0 saturated heterocycles. The summed E-state index contributed by atoms with van der Waals surface area (Å²) in [5, 5.41) is 2.80. The number of rotatable bonds is 6. The molecule has 2 aromatic carbocycles. The summed E-state index contributed by atoms with van der Waals surface area (Å²) in [7, 11) is -3.62. The Balaban J connectivity index is 1.53. The molecule has 1 aliphatic rings. The molecule has 0 atom stereocenters. The van der Waals surface area contributed by atoms with Crippen molar-refractivity contribution in [3.8, 4) is 11.3 Å². The second-order valence-electron chi connectivity index (χ2n) is 6.77. The number of aryl methyl sites for hydroxylation is 1. The molecule has 144 valence electrons. The Labute approximate surface area is 162 Å². The number of carbonyl (C=O) groups is 1. The summed E-state index contributed by atoms with van der Waals surface area (Å²) in [5.74, 6) is 0.267. The molecule has 1 heterocycles. The van der Waals surface area contributed by atoms with Crippen LogP contribution in [0.5, 0.6) is 0 Å². The molecule has 1 fully saturated rings. The lowest BCUT2D eigenvalue weighted by Crippen LogP contribution is -2.26.